The number of benzene rings is 1. The molecule has 0 aliphatic carbocycles. The smallest absolute Gasteiger partial charge is 0.414 e. The average Bonchev–Trinajstić information content (AvgIpc) is 3.23. The molecular formula is C23H25ClFN5O4. The quantitative estimate of drug-likeness (QED) is 0.625. The normalized spacial score (nSPS) is 18.1. The fourth-order valence-electron chi connectivity index (χ4n) is 4.00. The highest BCUT2D eigenvalue weighted by molar-refractivity contribution is 6.27. The van der Waals surface area contributed by atoms with Gasteiger partial charge in [0.1, 0.15) is 23.6 Å². The molecule has 3 amide bonds. The zero-order valence-electron chi connectivity index (χ0n) is 18.7. The molecule has 0 spiro atoms. The molecule has 1 atom stereocenters. The van der Waals surface area contributed by atoms with Crippen molar-refractivity contribution in [2.24, 2.45) is 0 Å². The Balaban J connectivity index is 1.41. The second-order valence-corrected chi connectivity index (χ2v) is 8.39. The molecule has 1 N–H and O–H groups in total. The number of alkyl halides is 1. The molecule has 4 rings (SSSR count). The van der Waals surface area contributed by atoms with Gasteiger partial charge in [0, 0.05) is 50.4 Å². The minimum absolute atomic E-state index is 0.0199. The van der Waals surface area contributed by atoms with E-state index in [9.17, 15) is 18.8 Å². The first-order valence-electron chi connectivity index (χ1n) is 10.9. The van der Waals surface area contributed by atoms with E-state index in [4.69, 9.17) is 16.3 Å². The highest BCUT2D eigenvalue weighted by Gasteiger charge is 2.32. The fourth-order valence-corrected chi connectivity index (χ4v) is 4.17. The number of ether oxygens (including phenoxy) is 1. The Hall–Kier alpha value is -3.40. The number of cyclic esters (lactones) is 1. The van der Waals surface area contributed by atoms with Gasteiger partial charge in [-0.15, -0.1) is 11.6 Å². The summed E-state index contributed by atoms with van der Waals surface area (Å²) in [6, 6.07) is 8.17. The number of nitrogens with zero attached hydrogens (tertiary/aromatic N) is 4. The SMILES string of the molecule is CC(=O)NC[C@H]1CN(c2ccc(-c3ccc(N4CCN(C(=O)CCl)CC4)nc3)c(F)c2)C(=O)O1. The number of piperazine rings is 1. The third-order valence-electron chi connectivity index (χ3n) is 5.85. The van der Waals surface area contributed by atoms with Crippen LogP contribution in [0.1, 0.15) is 6.92 Å². The van der Waals surface area contributed by atoms with Crippen molar-refractivity contribution in [3.05, 3.63) is 42.3 Å². The van der Waals surface area contributed by atoms with Gasteiger partial charge >= 0.3 is 6.09 Å². The van der Waals surface area contributed by atoms with Gasteiger partial charge in [-0.3, -0.25) is 14.5 Å². The number of rotatable bonds is 6. The van der Waals surface area contributed by atoms with Gasteiger partial charge in [-0.1, -0.05) is 0 Å². The first-order valence-corrected chi connectivity index (χ1v) is 11.5. The first-order chi connectivity index (χ1) is 16.4. The van der Waals surface area contributed by atoms with E-state index in [1.54, 1.807) is 29.3 Å². The van der Waals surface area contributed by atoms with Crippen molar-refractivity contribution in [3.63, 3.8) is 0 Å². The largest absolute Gasteiger partial charge is 0.442 e. The molecule has 1 aromatic heterocycles. The third-order valence-corrected chi connectivity index (χ3v) is 6.08. The number of aromatic nitrogens is 1. The number of carbonyl (C=O) groups is 3. The lowest BCUT2D eigenvalue weighted by atomic mass is 10.1. The second kappa shape index (κ2) is 10.3. The number of anilines is 2. The standard InChI is InChI=1S/C23H25ClFN5O4/c1-15(31)26-13-18-14-30(23(33)34-18)17-3-4-19(20(25)10-17)16-2-5-21(27-12-16)28-6-8-29(9-7-28)22(32)11-24/h2-5,10,12,18H,6-9,11,13-14H2,1H3,(H,26,31)/t18-/m0/s1. The summed E-state index contributed by atoms with van der Waals surface area (Å²) in [5, 5.41) is 2.61. The van der Waals surface area contributed by atoms with Crippen molar-refractivity contribution in [1.82, 2.24) is 15.2 Å². The molecule has 2 aliphatic heterocycles. The van der Waals surface area contributed by atoms with Gasteiger partial charge < -0.3 is 19.9 Å². The molecule has 0 radical (unpaired) electrons. The van der Waals surface area contributed by atoms with E-state index in [1.807, 2.05) is 6.07 Å². The lowest BCUT2D eigenvalue weighted by Gasteiger charge is -2.35. The molecule has 9 nitrogen and oxygen atoms in total. The van der Waals surface area contributed by atoms with Crippen LogP contribution in [-0.4, -0.2) is 79.0 Å². The Morgan fingerprint density at radius 1 is 1.21 bits per heavy atom. The maximum absolute atomic E-state index is 15.0. The second-order valence-electron chi connectivity index (χ2n) is 8.12. The first kappa shape index (κ1) is 23.7. The zero-order chi connectivity index (χ0) is 24.2. The minimum Gasteiger partial charge on any atom is -0.442 e. The topological polar surface area (TPSA) is 95.1 Å². The zero-order valence-corrected chi connectivity index (χ0v) is 19.4. The predicted molar refractivity (Wildman–Crippen MR) is 125 cm³/mol. The summed E-state index contributed by atoms with van der Waals surface area (Å²) in [5.74, 6) is -0.0437. The van der Waals surface area contributed by atoms with Crippen molar-refractivity contribution >= 4 is 41.0 Å². The summed E-state index contributed by atoms with van der Waals surface area (Å²) in [7, 11) is 0. The van der Waals surface area contributed by atoms with Crippen molar-refractivity contribution in [2.75, 3.05) is 54.9 Å². The number of amides is 3. The number of pyridine rings is 1. The lowest BCUT2D eigenvalue weighted by molar-refractivity contribution is -0.128. The Bertz CT molecular complexity index is 1080. The summed E-state index contributed by atoms with van der Waals surface area (Å²) in [4.78, 5) is 44.6. The lowest BCUT2D eigenvalue weighted by Crippen LogP contribution is -2.49. The van der Waals surface area contributed by atoms with Crippen LogP contribution in [0.2, 0.25) is 0 Å². The molecule has 11 heteroatoms. The van der Waals surface area contributed by atoms with E-state index in [2.05, 4.69) is 15.2 Å². The molecule has 2 saturated heterocycles. The number of halogens is 2. The Kier molecular flexibility index (Phi) is 7.16. The molecular weight excluding hydrogens is 465 g/mol. The Morgan fingerprint density at radius 2 is 1.97 bits per heavy atom. The molecule has 0 unspecified atom stereocenters. The molecule has 3 heterocycles. The van der Waals surface area contributed by atoms with E-state index in [1.165, 1.54) is 17.9 Å². The van der Waals surface area contributed by atoms with Crippen LogP contribution in [0.3, 0.4) is 0 Å². The van der Waals surface area contributed by atoms with Crippen LogP contribution in [0.4, 0.5) is 20.7 Å². The summed E-state index contributed by atoms with van der Waals surface area (Å²) < 4.78 is 20.2. The van der Waals surface area contributed by atoms with Gasteiger partial charge in [-0.25, -0.2) is 14.2 Å². The van der Waals surface area contributed by atoms with Gasteiger partial charge in [0.15, 0.2) is 0 Å². The van der Waals surface area contributed by atoms with E-state index in [0.29, 0.717) is 43.0 Å². The number of nitrogens with one attached hydrogen (secondary N) is 1. The van der Waals surface area contributed by atoms with Crippen molar-refractivity contribution in [2.45, 2.75) is 13.0 Å². The minimum atomic E-state index is -0.582. The van der Waals surface area contributed by atoms with Crippen LogP contribution in [0, 0.1) is 5.82 Å². The molecule has 2 aromatic rings. The summed E-state index contributed by atoms with van der Waals surface area (Å²) in [6.45, 7) is 4.26. The van der Waals surface area contributed by atoms with Crippen LogP contribution in [0.15, 0.2) is 36.5 Å². The Labute approximate surface area is 201 Å². The summed E-state index contributed by atoms with van der Waals surface area (Å²) in [6.07, 6.45) is 0.532. The number of hydrogen-bond donors (Lipinski definition) is 1. The van der Waals surface area contributed by atoms with E-state index in [0.717, 1.165) is 5.82 Å². The van der Waals surface area contributed by atoms with E-state index < -0.39 is 18.0 Å². The summed E-state index contributed by atoms with van der Waals surface area (Å²) in [5.41, 5.74) is 1.35. The fraction of sp³-hybridized carbons (Fsp3) is 0.391. The van der Waals surface area contributed by atoms with Crippen LogP contribution >= 0.6 is 11.6 Å². The molecule has 2 aliphatic rings. The van der Waals surface area contributed by atoms with Crippen molar-refractivity contribution < 1.29 is 23.5 Å². The monoisotopic (exact) mass is 489 g/mol. The van der Waals surface area contributed by atoms with Gasteiger partial charge in [0.2, 0.25) is 11.8 Å². The van der Waals surface area contributed by atoms with Crippen molar-refractivity contribution in [3.8, 4) is 11.1 Å². The van der Waals surface area contributed by atoms with Gasteiger partial charge in [-0.2, -0.15) is 0 Å². The van der Waals surface area contributed by atoms with Gasteiger partial charge in [0.25, 0.3) is 0 Å². The van der Waals surface area contributed by atoms with Crippen LogP contribution in [-0.2, 0) is 14.3 Å². The average molecular weight is 490 g/mol. The highest BCUT2D eigenvalue weighted by Crippen LogP contribution is 2.29. The van der Waals surface area contributed by atoms with Gasteiger partial charge in [0.05, 0.1) is 18.8 Å². The Morgan fingerprint density at radius 3 is 2.59 bits per heavy atom. The molecule has 34 heavy (non-hydrogen) atoms. The molecule has 180 valence electrons. The van der Waals surface area contributed by atoms with Crippen LogP contribution < -0.4 is 15.1 Å². The maximum Gasteiger partial charge on any atom is 0.414 e. The predicted octanol–water partition coefficient (Wildman–Crippen LogP) is 2.24. The van der Waals surface area contributed by atoms with Crippen LogP contribution in [0.25, 0.3) is 11.1 Å². The number of carbonyl (C=O) groups excluding carboxylic acids is 3. The molecule has 1 aromatic carbocycles. The molecule has 2 fully saturated rings. The molecule has 0 saturated carbocycles. The highest BCUT2D eigenvalue weighted by atomic mass is 35.5. The van der Waals surface area contributed by atoms with Crippen molar-refractivity contribution in [1.29, 1.82) is 0 Å². The van der Waals surface area contributed by atoms with E-state index >= 15 is 0 Å². The number of hydrogen-bond acceptors (Lipinski definition) is 6. The molecule has 0 bridgehead atoms. The summed E-state index contributed by atoms with van der Waals surface area (Å²) >= 11 is 5.62. The van der Waals surface area contributed by atoms with Crippen LogP contribution in [0.5, 0.6) is 0 Å². The van der Waals surface area contributed by atoms with Gasteiger partial charge in [-0.05, 0) is 30.3 Å². The third kappa shape index (κ3) is 5.22. The maximum atomic E-state index is 15.0. The van der Waals surface area contributed by atoms with E-state index in [-0.39, 0.29) is 30.8 Å².